The van der Waals surface area contributed by atoms with E-state index >= 15 is 0 Å². The van der Waals surface area contributed by atoms with Crippen LogP contribution < -0.4 is 11.7 Å². The van der Waals surface area contributed by atoms with Crippen molar-refractivity contribution in [2.75, 3.05) is 13.2 Å². The van der Waals surface area contributed by atoms with E-state index in [1.807, 2.05) is 0 Å². The number of hydrogen-bond donors (Lipinski definition) is 2. The lowest BCUT2D eigenvalue weighted by Gasteiger charge is -1.86. The van der Waals surface area contributed by atoms with Crippen molar-refractivity contribution >= 4 is 0 Å². The zero-order valence-corrected chi connectivity index (χ0v) is 6.81. The van der Waals surface area contributed by atoms with Crippen LogP contribution in [-0.4, -0.2) is 18.3 Å². The molecule has 0 aromatic rings. The fraction of sp³-hybridized carbons (Fsp3) is 0.333. The molecule has 12 heavy (non-hydrogen) atoms. The van der Waals surface area contributed by atoms with Gasteiger partial charge in [-0.05, 0) is 12.2 Å². The quantitative estimate of drug-likeness (QED) is 0.333. The Morgan fingerprint density at radius 3 is 1.75 bits per heavy atom. The van der Waals surface area contributed by atoms with E-state index in [9.17, 15) is 4.91 Å². The first-order valence-electron chi connectivity index (χ1n) is 3.09. The van der Waals surface area contributed by atoms with E-state index in [0.29, 0.717) is 0 Å². The Kier molecular flexibility index (Phi) is 13.5. The Labute approximate surface area is 70.9 Å². The lowest BCUT2D eigenvalue weighted by atomic mass is 10.7. The van der Waals surface area contributed by atoms with Crippen LogP contribution in [0.3, 0.4) is 0 Å². The van der Waals surface area contributed by atoms with Crippen LogP contribution in [0, 0.1) is 4.91 Å². The molecular weight excluding hydrogens is 162 g/mol. The van der Waals surface area contributed by atoms with E-state index in [2.05, 4.69) is 34.5 Å². The van der Waals surface area contributed by atoms with Gasteiger partial charge >= 0.3 is 5.09 Å². The van der Waals surface area contributed by atoms with Gasteiger partial charge in [0, 0.05) is 0 Å². The first-order chi connectivity index (χ1) is 5.81. The summed E-state index contributed by atoms with van der Waals surface area (Å²) in [5.74, 6) is 8.00. The Morgan fingerprint density at radius 1 is 1.17 bits per heavy atom. The minimum absolute atomic E-state index is 0.0311. The van der Waals surface area contributed by atoms with Crippen LogP contribution in [0.4, 0.5) is 0 Å². The van der Waals surface area contributed by atoms with Gasteiger partial charge in [-0.2, -0.15) is 9.68 Å². The Hall–Kier alpha value is -1.40. The van der Waals surface area contributed by atoms with Crippen LogP contribution in [-0.2, 0) is 9.68 Å². The maximum Gasteiger partial charge on any atom is 0.478 e. The van der Waals surface area contributed by atoms with Gasteiger partial charge in [-0.15, -0.1) is 0 Å². The molecule has 0 heterocycles. The molecule has 70 valence electrons. The maximum absolute atomic E-state index is 10.3. The van der Waals surface area contributed by atoms with Gasteiger partial charge < -0.3 is 0 Å². The highest BCUT2D eigenvalue weighted by atomic mass is 17.0. The van der Waals surface area contributed by atoms with Crippen LogP contribution in [0.15, 0.2) is 25.3 Å². The van der Waals surface area contributed by atoms with Crippen molar-refractivity contribution in [2.24, 2.45) is 11.7 Å². The second-order valence-electron chi connectivity index (χ2n) is 1.39. The fourth-order valence-electron chi connectivity index (χ4n) is 0.264. The summed E-state index contributed by atoms with van der Waals surface area (Å²) in [5.41, 5.74) is 0. The lowest BCUT2D eigenvalue weighted by molar-refractivity contribution is -0.978. The van der Waals surface area contributed by atoms with Crippen molar-refractivity contribution in [3.63, 3.8) is 0 Å². The monoisotopic (exact) mass is 176 g/mol. The summed E-state index contributed by atoms with van der Waals surface area (Å²) in [6, 6.07) is 0. The van der Waals surface area contributed by atoms with E-state index in [4.69, 9.17) is 0 Å². The largest absolute Gasteiger partial charge is 0.478 e. The summed E-state index contributed by atoms with van der Waals surface area (Å²) in [6.07, 6.45) is 2.89. The second kappa shape index (κ2) is 12.3. The molecule has 0 aliphatic rings. The first kappa shape index (κ1) is 13.2. The van der Waals surface area contributed by atoms with Gasteiger partial charge in [0.05, 0.1) is 0 Å². The third kappa shape index (κ3) is 11.4. The molecule has 0 spiro atoms. The molecule has 0 aromatic carbocycles. The van der Waals surface area contributed by atoms with Gasteiger partial charge in [-0.25, -0.2) is 0 Å². The molecule has 0 bridgehead atoms. The van der Waals surface area contributed by atoms with Gasteiger partial charge in [0.1, 0.15) is 4.91 Å². The lowest BCUT2D eigenvalue weighted by Crippen LogP contribution is -2.10. The summed E-state index contributed by atoms with van der Waals surface area (Å²) in [6.45, 7) is 6.97. The molecule has 6 nitrogen and oxygen atoms in total. The third-order valence-corrected chi connectivity index (χ3v) is 0.596. The van der Waals surface area contributed by atoms with Gasteiger partial charge in [0.25, 0.3) is 0 Å². The van der Waals surface area contributed by atoms with Crippen molar-refractivity contribution in [1.29, 1.82) is 0 Å². The van der Waals surface area contributed by atoms with E-state index < -0.39 is 0 Å². The standard InChI is InChI=1S/C6H10NO3.H4N2/c1-3-5-9-7(8)10-6-4-2;1-2/h3-4H,1-2,5-6H2;1-2H2/q+1;. The fourth-order valence-corrected chi connectivity index (χ4v) is 0.264. The molecule has 0 unspecified atom stereocenters. The Balaban J connectivity index is 0. The topological polar surface area (TPSA) is 90.6 Å². The Morgan fingerprint density at radius 2 is 1.50 bits per heavy atom. The van der Waals surface area contributed by atoms with E-state index in [-0.39, 0.29) is 18.3 Å². The highest BCUT2D eigenvalue weighted by molar-refractivity contribution is 4.62. The predicted octanol–water partition coefficient (Wildman–Crippen LogP) is -0.181. The Bertz CT molecular complexity index is 124. The van der Waals surface area contributed by atoms with Crippen LogP contribution in [0.5, 0.6) is 0 Å². The minimum Gasteiger partial charge on any atom is -0.274 e. The van der Waals surface area contributed by atoms with Crippen LogP contribution in [0.25, 0.3) is 0 Å². The highest BCUT2D eigenvalue weighted by Gasteiger charge is 2.07. The molecule has 0 amide bonds. The smallest absolute Gasteiger partial charge is 0.274 e. The van der Waals surface area contributed by atoms with E-state index in [0.717, 1.165) is 0 Å². The average molecular weight is 176 g/mol. The zero-order chi connectivity index (χ0) is 9.82. The molecule has 0 saturated carbocycles. The van der Waals surface area contributed by atoms with Crippen LogP contribution >= 0.6 is 0 Å². The molecule has 4 N–H and O–H groups in total. The summed E-state index contributed by atoms with van der Waals surface area (Å²) in [4.78, 5) is 19.1. The van der Waals surface area contributed by atoms with Crippen molar-refractivity contribution in [1.82, 2.24) is 0 Å². The number of nitrogens with two attached hydrogens (primary N) is 2. The molecule has 0 aromatic heterocycles. The molecule has 0 rings (SSSR count). The summed E-state index contributed by atoms with van der Waals surface area (Å²) >= 11 is 0. The SMILES string of the molecule is C=CCO[N+](=O)OCC=C.NN. The van der Waals surface area contributed by atoms with Crippen molar-refractivity contribution < 1.29 is 14.8 Å². The normalized spacial score (nSPS) is 7.17. The van der Waals surface area contributed by atoms with Crippen molar-refractivity contribution in [3.8, 4) is 0 Å². The van der Waals surface area contributed by atoms with Gasteiger partial charge in [-0.3, -0.25) is 11.7 Å². The molecule has 0 radical (unpaired) electrons. The van der Waals surface area contributed by atoms with Crippen molar-refractivity contribution in [2.45, 2.75) is 0 Å². The number of nitrogens with zero attached hydrogens (tertiary/aromatic N) is 1. The predicted molar refractivity (Wildman–Crippen MR) is 44.3 cm³/mol. The van der Waals surface area contributed by atoms with E-state index in [1.165, 1.54) is 12.2 Å². The number of rotatable bonds is 6. The highest BCUT2D eigenvalue weighted by Crippen LogP contribution is 1.81. The molecule has 0 aliphatic heterocycles. The van der Waals surface area contributed by atoms with Crippen LogP contribution in [0.2, 0.25) is 0 Å². The summed E-state index contributed by atoms with van der Waals surface area (Å²) < 4.78 is 0. The van der Waals surface area contributed by atoms with Gasteiger partial charge in [0.15, 0.2) is 13.2 Å². The third-order valence-electron chi connectivity index (χ3n) is 0.596. The number of hydrazine groups is 1. The maximum atomic E-state index is 10.3. The molecule has 0 fully saturated rings. The summed E-state index contributed by atoms with van der Waals surface area (Å²) in [7, 11) is 0. The summed E-state index contributed by atoms with van der Waals surface area (Å²) in [5, 5.41) is 0.0311. The molecule has 6 heteroatoms. The second-order valence-corrected chi connectivity index (χ2v) is 1.39. The molecule has 0 saturated heterocycles. The van der Waals surface area contributed by atoms with Gasteiger partial charge in [0.2, 0.25) is 0 Å². The van der Waals surface area contributed by atoms with Gasteiger partial charge in [-0.1, -0.05) is 13.2 Å². The van der Waals surface area contributed by atoms with E-state index in [1.54, 1.807) is 0 Å². The average Bonchev–Trinajstić information content (AvgIpc) is 2.14. The van der Waals surface area contributed by atoms with Crippen LogP contribution in [0.1, 0.15) is 0 Å². The first-order valence-corrected chi connectivity index (χ1v) is 3.09. The number of hydrogen-bond acceptors (Lipinski definition) is 5. The van der Waals surface area contributed by atoms with Crippen molar-refractivity contribution in [3.05, 3.63) is 30.2 Å². The minimum atomic E-state index is 0.0311. The zero-order valence-electron chi connectivity index (χ0n) is 6.81. The molecular formula is C6H14N3O3+. The molecule has 0 atom stereocenters. The molecule has 0 aliphatic carbocycles.